The summed E-state index contributed by atoms with van der Waals surface area (Å²) in [4.78, 5) is 0. The fraction of sp³-hybridized carbons (Fsp3) is 0.308. The standard InChI is InChI=1S/C13H16ClN5O2/c1-4-5-19-13(16-17-18-19)15-8-9-6-10(14)7-11(20-2)12(9)21-3/h4,6-7H,1,5,8H2,2-3H3,(H,15,16,18). The predicted molar refractivity (Wildman–Crippen MR) is 79.9 cm³/mol. The van der Waals surface area contributed by atoms with Gasteiger partial charge in [-0.05, 0) is 16.5 Å². The van der Waals surface area contributed by atoms with Gasteiger partial charge in [-0.1, -0.05) is 22.8 Å². The van der Waals surface area contributed by atoms with Crippen molar-refractivity contribution in [3.8, 4) is 11.5 Å². The van der Waals surface area contributed by atoms with E-state index in [0.717, 1.165) is 5.56 Å². The average Bonchev–Trinajstić information content (AvgIpc) is 2.92. The molecule has 0 bridgehead atoms. The lowest BCUT2D eigenvalue weighted by molar-refractivity contribution is 0.352. The van der Waals surface area contributed by atoms with Crippen molar-refractivity contribution in [1.29, 1.82) is 0 Å². The monoisotopic (exact) mass is 309 g/mol. The molecule has 2 rings (SSSR count). The van der Waals surface area contributed by atoms with Crippen molar-refractivity contribution in [3.63, 3.8) is 0 Å². The fourth-order valence-electron chi connectivity index (χ4n) is 1.89. The fourth-order valence-corrected chi connectivity index (χ4v) is 2.12. The Bertz CT molecular complexity index is 629. The van der Waals surface area contributed by atoms with Crippen LogP contribution < -0.4 is 14.8 Å². The molecule has 0 spiro atoms. The van der Waals surface area contributed by atoms with Crippen LogP contribution in [0.15, 0.2) is 24.8 Å². The Balaban J connectivity index is 2.21. The van der Waals surface area contributed by atoms with Gasteiger partial charge in [0.05, 0.1) is 20.8 Å². The van der Waals surface area contributed by atoms with E-state index < -0.39 is 0 Å². The van der Waals surface area contributed by atoms with Crippen molar-refractivity contribution in [2.45, 2.75) is 13.1 Å². The SMILES string of the molecule is C=CCn1nnnc1NCc1cc(Cl)cc(OC)c1OC. The van der Waals surface area contributed by atoms with Gasteiger partial charge in [0.15, 0.2) is 11.5 Å². The summed E-state index contributed by atoms with van der Waals surface area (Å²) in [5, 5.41) is 15.1. The van der Waals surface area contributed by atoms with E-state index in [1.54, 1.807) is 37.1 Å². The topological polar surface area (TPSA) is 74.1 Å². The number of ether oxygens (including phenoxy) is 2. The van der Waals surface area contributed by atoms with Crippen molar-refractivity contribution in [2.24, 2.45) is 0 Å². The summed E-state index contributed by atoms with van der Waals surface area (Å²) < 4.78 is 12.2. The highest BCUT2D eigenvalue weighted by Gasteiger charge is 2.13. The molecule has 0 aliphatic rings. The van der Waals surface area contributed by atoms with E-state index >= 15 is 0 Å². The summed E-state index contributed by atoms with van der Waals surface area (Å²) >= 11 is 6.08. The van der Waals surface area contributed by atoms with Crippen LogP contribution in [0.4, 0.5) is 5.95 Å². The lowest BCUT2D eigenvalue weighted by Crippen LogP contribution is -2.09. The van der Waals surface area contributed by atoms with Crippen LogP contribution in [0.1, 0.15) is 5.56 Å². The maximum Gasteiger partial charge on any atom is 0.243 e. The van der Waals surface area contributed by atoms with E-state index in [-0.39, 0.29) is 0 Å². The molecule has 8 heteroatoms. The number of rotatable bonds is 7. The molecule has 0 unspecified atom stereocenters. The van der Waals surface area contributed by atoms with Crippen LogP contribution in [0.25, 0.3) is 0 Å². The van der Waals surface area contributed by atoms with Gasteiger partial charge in [-0.2, -0.15) is 0 Å². The molecule has 0 radical (unpaired) electrons. The molecule has 0 aliphatic carbocycles. The first-order valence-electron chi connectivity index (χ1n) is 6.21. The van der Waals surface area contributed by atoms with Crippen molar-refractivity contribution < 1.29 is 9.47 Å². The number of aromatic nitrogens is 4. The first-order valence-corrected chi connectivity index (χ1v) is 6.58. The molecule has 0 saturated carbocycles. The van der Waals surface area contributed by atoms with Gasteiger partial charge in [0, 0.05) is 23.2 Å². The molecule has 21 heavy (non-hydrogen) atoms. The highest BCUT2D eigenvalue weighted by Crippen LogP contribution is 2.34. The zero-order valence-electron chi connectivity index (χ0n) is 11.8. The van der Waals surface area contributed by atoms with Crippen molar-refractivity contribution in [2.75, 3.05) is 19.5 Å². The third-order valence-electron chi connectivity index (χ3n) is 2.79. The lowest BCUT2D eigenvalue weighted by Gasteiger charge is -2.14. The van der Waals surface area contributed by atoms with Gasteiger partial charge >= 0.3 is 0 Å². The number of allylic oxidation sites excluding steroid dienone is 1. The second-order valence-corrected chi connectivity index (χ2v) is 4.56. The Morgan fingerprint density at radius 1 is 1.38 bits per heavy atom. The first kappa shape index (κ1) is 15.1. The number of halogens is 1. The Morgan fingerprint density at radius 3 is 2.86 bits per heavy atom. The Kier molecular flexibility index (Phi) is 4.99. The average molecular weight is 310 g/mol. The Labute approximate surface area is 127 Å². The molecule has 0 amide bonds. The summed E-state index contributed by atoms with van der Waals surface area (Å²) in [5.41, 5.74) is 0.843. The van der Waals surface area contributed by atoms with E-state index in [0.29, 0.717) is 35.6 Å². The minimum Gasteiger partial charge on any atom is -0.493 e. The van der Waals surface area contributed by atoms with Gasteiger partial charge in [-0.15, -0.1) is 6.58 Å². The minimum atomic E-state index is 0.442. The van der Waals surface area contributed by atoms with E-state index in [1.165, 1.54) is 0 Å². The van der Waals surface area contributed by atoms with Crippen LogP contribution in [0, 0.1) is 0 Å². The maximum absolute atomic E-state index is 6.08. The number of nitrogens with one attached hydrogen (secondary N) is 1. The highest BCUT2D eigenvalue weighted by atomic mass is 35.5. The van der Waals surface area contributed by atoms with Crippen LogP contribution in [-0.4, -0.2) is 34.4 Å². The molecule has 2 aromatic rings. The van der Waals surface area contributed by atoms with Gasteiger partial charge in [-0.3, -0.25) is 0 Å². The largest absolute Gasteiger partial charge is 0.493 e. The quantitative estimate of drug-likeness (QED) is 0.790. The van der Waals surface area contributed by atoms with Crippen molar-refractivity contribution >= 4 is 17.5 Å². The smallest absolute Gasteiger partial charge is 0.243 e. The zero-order chi connectivity index (χ0) is 15.2. The van der Waals surface area contributed by atoms with E-state index in [1.807, 2.05) is 0 Å². The second kappa shape index (κ2) is 6.94. The van der Waals surface area contributed by atoms with Gasteiger partial charge in [-0.25, -0.2) is 4.68 Å². The van der Waals surface area contributed by atoms with Crippen molar-refractivity contribution in [3.05, 3.63) is 35.4 Å². The van der Waals surface area contributed by atoms with Gasteiger partial charge in [0.2, 0.25) is 5.95 Å². The van der Waals surface area contributed by atoms with Crippen LogP contribution in [-0.2, 0) is 13.1 Å². The van der Waals surface area contributed by atoms with Crippen molar-refractivity contribution in [1.82, 2.24) is 20.2 Å². The highest BCUT2D eigenvalue weighted by molar-refractivity contribution is 6.30. The van der Waals surface area contributed by atoms with Crippen LogP contribution in [0.2, 0.25) is 5.02 Å². The van der Waals surface area contributed by atoms with Gasteiger partial charge in [0.25, 0.3) is 0 Å². The molecule has 0 saturated heterocycles. The van der Waals surface area contributed by atoms with Crippen LogP contribution in [0.3, 0.4) is 0 Å². The summed E-state index contributed by atoms with van der Waals surface area (Å²) in [6, 6.07) is 3.50. The number of nitrogens with zero attached hydrogens (tertiary/aromatic N) is 4. The number of hydrogen-bond donors (Lipinski definition) is 1. The molecule has 1 aromatic carbocycles. The second-order valence-electron chi connectivity index (χ2n) is 4.13. The van der Waals surface area contributed by atoms with E-state index in [4.69, 9.17) is 21.1 Å². The molecule has 0 aliphatic heterocycles. The summed E-state index contributed by atoms with van der Waals surface area (Å²) in [6.07, 6.45) is 1.71. The molecule has 7 nitrogen and oxygen atoms in total. The molecular formula is C13H16ClN5O2. The van der Waals surface area contributed by atoms with Crippen LogP contribution >= 0.6 is 11.6 Å². The zero-order valence-corrected chi connectivity index (χ0v) is 12.6. The number of tetrazole rings is 1. The molecular weight excluding hydrogens is 294 g/mol. The normalized spacial score (nSPS) is 10.2. The molecule has 0 atom stereocenters. The summed E-state index contributed by atoms with van der Waals surface area (Å²) in [6.45, 7) is 4.62. The van der Waals surface area contributed by atoms with Gasteiger partial charge in [0.1, 0.15) is 0 Å². The Hall–Kier alpha value is -2.28. The predicted octanol–water partition coefficient (Wildman–Crippen LogP) is 2.14. The molecule has 112 valence electrons. The molecule has 1 heterocycles. The van der Waals surface area contributed by atoms with E-state index in [9.17, 15) is 0 Å². The summed E-state index contributed by atoms with van der Waals surface area (Å²) in [5.74, 6) is 1.74. The molecule has 1 N–H and O–H groups in total. The molecule has 0 fully saturated rings. The third-order valence-corrected chi connectivity index (χ3v) is 3.01. The summed E-state index contributed by atoms with van der Waals surface area (Å²) in [7, 11) is 3.15. The third kappa shape index (κ3) is 3.43. The number of methoxy groups -OCH3 is 2. The number of anilines is 1. The maximum atomic E-state index is 6.08. The number of hydrogen-bond acceptors (Lipinski definition) is 6. The van der Waals surface area contributed by atoms with Crippen LogP contribution in [0.5, 0.6) is 11.5 Å². The van der Waals surface area contributed by atoms with E-state index in [2.05, 4.69) is 27.4 Å². The molecule has 1 aromatic heterocycles. The minimum absolute atomic E-state index is 0.442. The number of benzene rings is 1. The Morgan fingerprint density at radius 2 is 2.19 bits per heavy atom. The first-order chi connectivity index (χ1) is 10.2. The lowest BCUT2D eigenvalue weighted by atomic mass is 10.2. The van der Waals surface area contributed by atoms with Gasteiger partial charge < -0.3 is 14.8 Å².